The second kappa shape index (κ2) is 4.69. The molecule has 62 valence electrons. The summed E-state index contributed by atoms with van der Waals surface area (Å²) < 4.78 is 0. The maximum Gasteiger partial charge on any atom is 0.0102 e. The third-order valence-corrected chi connectivity index (χ3v) is 1.80. The zero-order valence-electron chi connectivity index (χ0n) is 7.52. The van der Waals surface area contributed by atoms with Crippen LogP contribution in [0.5, 0.6) is 0 Å². The molecule has 0 fully saturated rings. The van der Waals surface area contributed by atoms with E-state index in [1.807, 2.05) is 14.0 Å². The fraction of sp³-hybridized carbons (Fsp3) is 1.00. The topological polar surface area (TPSA) is 38.0 Å². The van der Waals surface area contributed by atoms with E-state index >= 15 is 0 Å². The fourth-order valence-electron chi connectivity index (χ4n) is 1.12. The van der Waals surface area contributed by atoms with Crippen LogP contribution in [0.25, 0.3) is 0 Å². The molecule has 2 unspecified atom stereocenters. The van der Waals surface area contributed by atoms with Gasteiger partial charge in [0.1, 0.15) is 0 Å². The van der Waals surface area contributed by atoms with Gasteiger partial charge >= 0.3 is 0 Å². The van der Waals surface area contributed by atoms with Gasteiger partial charge in [0, 0.05) is 12.1 Å². The first kappa shape index (κ1) is 9.92. The van der Waals surface area contributed by atoms with Crippen LogP contribution >= 0.6 is 0 Å². The van der Waals surface area contributed by atoms with Crippen molar-refractivity contribution in [1.29, 1.82) is 0 Å². The SMILES string of the molecule is CNC(CC(C)N)C(C)C. The molecule has 0 aromatic rings. The molecule has 3 N–H and O–H groups in total. The maximum atomic E-state index is 5.67. The Hall–Kier alpha value is -0.0800. The highest BCUT2D eigenvalue weighted by atomic mass is 14.9. The molecular formula is C8H20N2. The summed E-state index contributed by atoms with van der Waals surface area (Å²) in [5.41, 5.74) is 5.67. The van der Waals surface area contributed by atoms with Crippen LogP contribution in [0.2, 0.25) is 0 Å². The van der Waals surface area contributed by atoms with E-state index in [1.54, 1.807) is 0 Å². The largest absolute Gasteiger partial charge is 0.328 e. The highest BCUT2D eigenvalue weighted by Gasteiger charge is 2.11. The van der Waals surface area contributed by atoms with Crippen molar-refractivity contribution in [3.8, 4) is 0 Å². The molecule has 0 saturated heterocycles. The van der Waals surface area contributed by atoms with Crippen LogP contribution in [-0.4, -0.2) is 19.1 Å². The van der Waals surface area contributed by atoms with Crippen molar-refractivity contribution in [1.82, 2.24) is 5.32 Å². The van der Waals surface area contributed by atoms with Gasteiger partial charge in [-0.05, 0) is 26.3 Å². The monoisotopic (exact) mass is 144 g/mol. The van der Waals surface area contributed by atoms with Gasteiger partial charge in [0.15, 0.2) is 0 Å². The van der Waals surface area contributed by atoms with Crippen LogP contribution in [0.15, 0.2) is 0 Å². The summed E-state index contributed by atoms with van der Waals surface area (Å²) in [7, 11) is 1.99. The lowest BCUT2D eigenvalue weighted by molar-refractivity contribution is 0.381. The minimum atomic E-state index is 0.305. The van der Waals surface area contributed by atoms with E-state index in [9.17, 15) is 0 Å². The molecule has 0 aliphatic rings. The van der Waals surface area contributed by atoms with E-state index in [0.29, 0.717) is 18.0 Å². The highest BCUT2D eigenvalue weighted by molar-refractivity contribution is 4.72. The first-order valence-electron chi connectivity index (χ1n) is 4.00. The molecule has 0 saturated carbocycles. The fourth-order valence-corrected chi connectivity index (χ4v) is 1.12. The Morgan fingerprint density at radius 3 is 1.90 bits per heavy atom. The predicted molar refractivity (Wildman–Crippen MR) is 46.0 cm³/mol. The van der Waals surface area contributed by atoms with Crippen LogP contribution in [-0.2, 0) is 0 Å². The van der Waals surface area contributed by atoms with E-state index in [1.165, 1.54) is 0 Å². The van der Waals surface area contributed by atoms with E-state index < -0.39 is 0 Å². The molecule has 0 aliphatic heterocycles. The molecule has 0 aromatic heterocycles. The van der Waals surface area contributed by atoms with Gasteiger partial charge in [-0.25, -0.2) is 0 Å². The minimum absolute atomic E-state index is 0.305. The summed E-state index contributed by atoms with van der Waals surface area (Å²) in [6, 6.07) is 0.875. The molecule has 2 nitrogen and oxygen atoms in total. The summed E-state index contributed by atoms with van der Waals surface area (Å²) >= 11 is 0. The average molecular weight is 144 g/mol. The predicted octanol–water partition coefficient (Wildman–Crippen LogP) is 0.968. The molecule has 0 heterocycles. The second-order valence-electron chi connectivity index (χ2n) is 3.35. The minimum Gasteiger partial charge on any atom is -0.328 e. The Balaban J connectivity index is 3.60. The number of hydrogen-bond acceptors (Lipinski definition) is 2. The number of hydrogen-bond donors (Lipinski definition) is 2. The third-order valence-electron chi connectivity index (χ3n) is 1.80. The highest BCUT2D eigenvalue weighted by Crippen LogP contribution is 2.06. The molecule has 2 heteroatoms. The molecule has 0 spiro atoms. The molecular weight excluding hydrogens is 124 g/mol. The van der Waals surface area contributed by atoms with Gasteiger partial charge in [0.2, 0.25) is 0 Å². The zero-order valence-corrected chi connectivity index (χ0v) is 7.52. The smallest absolute Gasteiger partial charge is 0.0102 e. The zero-order chi connectivity index (χ0) is 8.15. The standard InChI is InChI=1S/C8H20N2/c1-6(2)8(10-4)5-7(3)9/h6-8,10H,5,9H2,1-4H3. The van der Waals surface area contributed by atoms with Crippen molar-refractivity contribution in [2.45, 2.75) is 39.3 Å². The lowest BCUT2D eigenvalue weighted by Gasteiger charge is -2.21. The number of nitrogens with two attached hydrogens (primary N) is 1. The lowest BCUT2D eigenvalue weighted by Crippen LogP contribution is -2.36. The van der Waals surface area contributed by atoms with Crippen LogP contribution in [0.1, 0.15) is 27.2 Å². The Morgan fingerprint density at radius 1 is 1.30 bits per heavy atom. The molecule has 0 aromatic carbocycles. The number of rotatable bonds is 4. The normalized spacial score (nSPS) is 17.4. The van der Waals surface area contributed by atoms with Crippen molar-refractivity contribution < 1.29 is 0 Å². The molecule has 10 heavy (non-hydrogen) atoms. The summed E-state index contributed by atoms with van der Waals surface area (Å²) in [5, 5.41) is 3.25. The Labute approximate surface area is 64.2 Å². The van der Waals surface area contributed by atoms with E-state index in [2.05, 4.69) is 19.2 Å². The van der Waals surface area contributed by atoms with Crippen molar-refractivity contribution in [2.24, 2.45) is 11.7 Å². The van der Waals surface area contributed by atoms with Crippen LogP contribution in [0.3, 0.4) is 0 Å². The van der Waals surface area contributed by atoms with Crippen LogP contribution in [0, 0.1) is 5.92 Å². The quantitative estimate of drug-likeness (QED) is 0.617. The van der Waals surface area contributed by atoms with Crippen molar-refractivity contribution in [3.05, 3.63) is 0 Å². The van der Waals surface area contributed by atoms with Gasteiger partial charge < -0.3 is 11.1 Å². The van der Waals surface area contributed by atoms with Gasteiger partial charge in [-0.15, -0.1) is 0 Å². The van der Waals surface area contributed by atoms with Crippen molar-refractivity contribution in [3.63, 3.8) is 0 Å². The van der Waals surface area contributed by atoms with Gasteiger partial charge in [-0.2, -0.15) is 0 Å². The van der Waals surface area contributed by atoms with Gasteiger partial charge in [-0.3, -0.25) is 0 Å². The Kier molecular flexibility index (Phi) is 4.65. The van der Waals surface area contributed by atoms with Crippen LogP contribution in [0.4, 0.5) is 0 Å². The van der Waals surface area contributed by atoms with Gasteiger partial charge in [0.25, 0.3) is 0 Å². The van der Waals surface area contributed by atoms with E-state index in [0.717, 1.165) is 6.42 Å². The summed E-state index contributed by atoms with van der Waals surface area (Å²) in [4.78, 5) is 0. The number of nitrogens with one attached hydrogen (secondary N) is 1. The molecule has 0 radical (unpaired) electrons. The van der Waals surface area contributed by atoms with Crippen LogP contribution < -0.4 is 11.1 Å². The van der Waals surface area contributed by atoms with E-state index in [-0.39, 0.29) is 0 Å². The van der Waals surface area contributed by atoms with E-state index in [4.69, 9.17) is 5.73 Å². The van der Waals surface area contributed by atoms with Crippen molar-refractivity contribution in [2.75, 3.05) is 7.05 Å². The van der Waals surface area contributed by atoms with Crippen molar-refractivity contribution >= 4 is 0 Å². The first-order valence-corrected chi connectivity index (χ1v) is 4.00. The molecule has 0 amide bonds. The molecule has 2 atom stereocenters. The van der Waals surface area contributed by atoms with Gasteiger partial charge in [-0.1, -0.05) is 13.8 Å². The summed E-state index contributed by atoms with van der Waals surface area (Å²) in [6.45, 7) is 6.47. The average Bonchev–Trinajstić information content (AvgIpc) is 1.81. The molecule has 0 bridgehead atoms. The molecule has 0 rings (SSSR count). The first-order chi connectivity index (χ1) is 4.57. The second-order valence-corrected chi connectivity index (χ2v) is 3.35. The molecule has 0 aliphatic carbocycles. The maximum absolute atomic E-state index is 5.67. The van der Waals surface area contributed by atoms with Gasteiger partial charge in [0.05, 0.1) is 0 Å². The Bertz CT molecular complexity index is 79.3. The Morgan fingerprint density at radius 2 is 1.80 bits per heavy atom. The lowest BCUT2D eigenvalue weighted by atomic mass is 9.98. The summed E-state index contributed by atoms with van der Waals surface area (Å²) in [5.74, 6) is 0.677. The third kappa shape index (κ3) is 3.85. The summed E-state index contributed by atoms with van der Waals surface area (Å²) in [6.07, 6.45) is 1.06.